The number of likely N-dealkylation sites (tertiary alicyclic amines) is 1. The second-order valence-corrected chi connectivity index (χ2v) is 8.40. The Hall–Kier alpha value is -2.96. The van der Waals surface area contributed by atoms with Crippen LogP contribution in [0.25, 0.3) is 0 Å². The number of carbonyl (C=O) groups is 1. The number of amides is 1. The Morgan fingerprint density at radius 1 is 1.13 bits per heavy atom. The highest BCUT2D eigenvalue weighted by Gasteiger charge is 2.31. The van der Waals surface area contributed by atoms with Crippen LogP contribution in [0.2, 0.25) is 0 Å². The van der Waals surface area contributed by atoms with Crippen molar-refractivity contribution in [2.45, 2.75) is 32.6 Å². The molecule has 3 atom stereocenters. The van der Waals surface area contributed by atoms with E-state index in [0.717, 1.165) is 25.1 Å². The fourth-order valence-corrected chi connectivity index (χ4v) is 4.50. The number of benzene rings is 1. The van der Waals surface area contributed by atoms with E-state index in [9.17, 15) is 9.90 Å². The smallest absolute Gasteiger partial charge is 0.223 e. The van der Waals surface area contributed by atoms with Crippen molar-refractivity contribution in [2.75, 3.05) is 34.4 Å². The van der Waals surface area contributed by atoms with Crippen LogP contribution in [0.15, 0.2) is 30.5 Å². The number of aromatic nitrogens is 1. The third-order valence-electron chi connectivity index (χ3n) is 5.87. The summed E-state index contributed by atoms with van der Waals surface area (Å²) in [5, 5.41) is 10.8. The van der Waals surface area contributed by atoms with Crippen LogP contribution >= 0.6 is 0 Å². The molecule has 0 spiro atoms. The van der Waals surface area contributed by atoms with E-state index in [2.05, 4.69) is 18.8 Å². The fourth-order valence-electron chi connectivity index (χ4n) is 4.50. The van der Waals surface area contributed by atoms with Crippen LogP contribution in [-0.2, 0) is 4.79 Å². The molecule has 1 saturated heterocycles. The molecule has 1 N–H and O–H groups in total. The number of ether oxygens (including phenoxy) is 3. The molecule has 7 nitrogen and oxygen atoms in total. The SMILES string of the molecule is COc1cc(O)c(C(CC(=O)N2C[C@H](C)C[C@H](C)C2)c2ccc(OC)nc2)c(OC)c1. The lowest BCUT2D eigenvalue weighted by Crippen LogP contribution is -2.43. The van der Waals surface area contributed by atoms with Gasteiger partial charge >= 0.3 is 0 Å². The first-order valence-electron chi connectivity index (χ1n) is 10.6. The molecule has 1 aromatic carbocycles. The largest absolute Gasteiger partial charge is 0.507 e. The second-order valence-electron chi connectivity index (χ2n) is 8.40. The van der Waals surface area contributed by atoms with E-state index in [4.69, 9.17) is 14.2 Å². The predicted molar refractivity (Wildman–Crippen MR) is 118 cm³/mol. The van der Waals surface area contributed by atoms with Crippen LogP contribution in [0.4, 0.5) is 0 Å². The molecule has 1 aliphatic heterocycles. The standard InChI is InChI=1S/C24H32N2O5/c1-15-8-16(2)14-26(13-15)23(28)11-19(17-6-7-22(31-5)25-12-17)24-20(27)9-18(29-3)10-21(24)30-4/h6-7,9-10,12,15-16,19,27H,8,11,13-14H2,1-5H3/t15-,16+,19?. The highest BCUT2D eigenvalue weighted by Crippen LogP contribution is 2.43. The number of methoxy groups -OCH3 is 3. The molecule has 2 aromatic rings. The van der Waals surface area contributed by atoms with E-state index in [0.29, 0.717) is 34.8 Å². The molecule has 1 aromatic heterocycles. The van der Waals surface area contributed by atoms with Gasteiger partial charge in [0, 0.05) is 55.4 Å². The van der Waals surface area contributed by atoms with E-state index in [1.807, 2.05) is 11.0 Å². The zero-order chi connectivity index (χ0) is 22.5. The van der Waals surface area contributed by atoms with Gasteiger partial charge < -0.3 is 24.2 Å². The Morgan fingerprint density at radius 2 is 1.84 bits per heavy atom. The quantitative estimate of drug-likeness (QED) is 0.722. The molecule has 0 bridgehead atoms. The summed E-state index contributed by atoms with van der Waals surface area (Å²) in [5.41, 5.74) is 1.34. The zero-order valence-electron chi connectivity index (χ0n) is 18.9. The highest BCUT2D eigenvalue weighted by molar-refractivity contribution is 5.78. The molecule has 1 unspecified atom stereocenters. The van der Waals surface area contributed by atoms with Crippen molar-refractivity contribution in [1.29, 1.82) is 0 Å². The molecule has 0 aliphatic carbocycles. The molecular weight excluding hydrogens is 396 g/mol. The van der Waals surface area contributed by atoms with Crippen LogP contribution in [-0.4, -0.2) is 55.3 Å². The first-order chi connectivity index (χ1) is 14.9. The van der Waals surface area contributed by atoms with Crippen LogP contribution in [0.5, 0.6) is 23.1 Å². The Balaban J connectivity index is 2.00. The monoisotopic (exact) mass is 428 g/mol. The van der Waals surface area contributed by atoms with Gasteiger partial charge in [-0.05, 0) is 23.8 Å². The molecule has 1 amide bonds. The maximum atomic E-state index is 13.3. The van der Waals surface area contributed by atoms with Crippen LogP contribution < -0.4 is 14.2 Å². The lowest BCUT2D eigenvalue weighted by molar-refractivity contribution is -0.134. The number of aromatic hydroxyl groups is 1. The Morgan fingerprint density at radius 3 is 2.39 bits per heavy atom. The Labute approximate surface area is 184 Å². The number of hydrogen-bond acceptors (Lipinski definition) is 6. The average Bonchev–Trinajstić information content (AvgIpc) is 2.76. The maximum absolute atomic E-state index is 13.3. The summed E-state index contributed by atoms with van der Waals surface area (Å²) in [6.45, 7) is 5.86. The number of nitrogens with zero attached hydrogens (tertiary/aromatic N) is 2. The minimum absolute atomic E-state index is 0.0187. The van der Waals surface area contributed by atoms with E-state index >= 15 is 0 Å². The van der Waals surface area contributed by atoms with Crippen molar-refractivity contribution in [3.8, 4) is 23.1 Å². The van der Waals surface area contributed by atoms with E-state index in [1.54, 1.807) is 25.4 Å². The molecule has 31 heavy (non-hydrogen) atoms. The molecule has 1 aliphatic rings. The summed E-state index contributed by atoms with van der Waals surface area (Å²) in [6, 6.07) is 6.88. The van der Waals surface area contributed by atoms with Crippen molar-refractivity contribution in [2.24, 2.45) is 11.8 Å². The van der Waals surface area contributed by atoms with Gasteiger partial charge in [0.15, 0.2) is 0 Å². The number of rotatable bonds is 7. The number of phenolic OH excluding ortho intramolecular Hbond substituents is 1. The molecule has 2 heterocycles. The van der Waals surface area contributed by atoms with Crippen molar-refractivity contribution in [3.05, 3.63) is 41.6 Å². The fraction of sp³-hybridized carbons (Fsp3) is 0.500. The van der Waals surface area contributed by atoms with Gasteiger partial charge in [-0.15, -0.1) is 0 Å². The second kappa shape index (κ2) is 9.90. The summed E-state index contributed by atoms with van der Waals surface area (Å²) in [4.78, 5) is 19.6. The molecule has 7 heteroatoms. The summed E-state index contributed by atoms with van der Waals surface area (Å²) in [6.07, 6.45) is 3.01. The first kappa shape index (κ1) is 22.7. The third kappa shape index (κ3) is 5.21. The van der Waals surface area contributed by atoms with Gasteiger partial charge in [0.05, 0.1) is 21.3 Å². The molecule has 0 radical (unpaired) electrons. The van der Waals surface area contributed by atoms with Gasteiger partial charge in [-0.2, -0.15) is 0 Å². The average molecular weight is 429 g/mol. The van der Waals surface area contributed by atoms with Gasteiger partial charge in [0.25, 0.3) is 0 Å². The summed E-state index contributed by atoms with van der Waals surface area (Å²) < 4.78 is 16.0. The van der Waals surface area contributed by atoms with Crippen molar-refractivity contribution in [3.63, 3.8) is 0 Å². The van der Waals surface area contributed by atoms with E-state index in [-0.39, 0.29) is 18.1 Å². The lowest BCUT2D eigenvalue weighted by atomic mass is 9.86. The molecule has 3 rings (SSSR count). The molecule has 1 fully saturated rings. The van der Waals surface area contributed by atoms with Crippen molar-refractivity contribution >= 4 is 5.91 Å². The van der Waals surface area contributed by atoms with Crippen molar-refractivity contribution in [1.82, 2.24) is 9.88 Å². The number of carbonyl (C=O) groups excluding carboxylic acids is 1. The topological polar surface area (TPSA) is 81.1 Å². The third-order valence-corrected chi connectivity index (χ3v) is 5.87. The van der Waals surface area contributed by atoms with Gasteiger partial charge in [0.1, 0.15) is 17.2 Å². The number of pyridine rings is 1. The highest BCUT2D eigenvalue weighted by atomic mass is 16.5. The van der Waals surface area contributed by atoms with Gasteiger partial charge in [-0.3, -0.25) is 4.79 Å². The number of phenols is 1. The van der Waals surface area contributed by atoms with Gasteiger partial charge in [0.2, 0.25) is 11.8 Å². The Kier molecular flexibility index (Phi) is 7.25. The summed E-state index contributed by atoms with van der Waals surface area (Å²) in [7, 11) is 4.62. The normalized spacial score (nSPS) is 19.6. The summed E-state index contributed by atoms with van der Waals surface area (Å²) in [5.74, 6) is 2.01. The minimum Gasteiger partial charge on any atom is -0.507 e. The van der Waals surface area contributed by atoms with Crippen LogP contribution in [0, 0.1) is 11.8 Å². The van der Waals surface area contributed by atoms with Gasteiger partial charge in [-0.25, -0.2) is 4.98 Å². The molecule has 168 valence electrons. The Bertz CT molecular complexity index is 890. The molecular formula is C24H32N2O5. The van der Waals surface area contributed by atoms with Crippen LogP contribution in [0.1, 0.15) is 43.7 Å². The lowest BCUT2D eigenvalue weighted by Gasteiger charge is -2.36. The van der Waals surface area contributed by atoms with Crippen LogP contribution in [0.3, 0.4) is 0 Å². The predicted octanol–water partition coefficient (Wildman–Crippen LogP) is 3.84. The number of hydrogen-bond donors (Lipinski definition) is 1. The minimum atomic E-state index is -0.431. The summed E-state index contributed by atoms with van der Waals surface area (Å²) >= 11 is 0. The first-order valence-corrected chi connectivity index (χ1v) is 10.6. The molecule has 0 saturated carbocycles. The zero-order valence-corrected chi connectivity index (χ0v) is 18.9. The number of piperidine rings is 1. The maximum Gasteiger partial charge on any atom is 0.223 e. The van der Waals surface area contributed by atoms with Gasteiger partial charge in [-0.1, -0.05) is 19.9 Å². The van der Waals surface area contributed by atoms with E-state index in [1.165, 1.54) is 20.3 Å². The van der Waals surface area contributed by atoms with Crippen molar-refractivity contribution < 1.29 is 24.1 Å². The van der Waals surface area contributed by atoms with E-state index < -0.39 is 5.92 Å².